The lowest BCUT2D eigenvalue weighted by Gasteiger charge is -2.42. The Morgan fingerprint density at radius 2 is 2.22 bits per heavy atom. The Labute approximate surface area is 121 Å². The Hall–Kier alpha value is 0.620. The minimum atomic E-state index is 0.701. The van der Waals surface area contributed by atoms with Gasteiger partial charge in [-0.15, -0.1) is 0 Å². The van der Waals surface area contributed by atoms with Gasteiger partial charge in [-0.25, -0.2) is 0 Å². The number of piperazine rings is 1. The summed E-state index contributed by atoms with van der Waals surface area (Å²) in [5.41, 5.74) is 0. The molecule has 2 aliphatic heterocycles. The average Bonchev–Trinajstić information content (AvgIpc) is 2.41. The summed E-state index contributed by atoms with van der Waals surface area (Å²) in [5, 5.41) is 4.60. The van der Waals surface area contributed by atoms with Gasteiger partial charge in [-0.1, -0.05) is 20.3 Å². The maximum absolute atomic E-state index is 3.73. The van der Waals surface area contributed by atoms with Gasteiger partial charge in [0.15, 0.2) is 0 Å². The Kier molecular flexibility index (Phi) is 6.19. The van der Waals surface area contributed by atoms with Crippen LogP contribution in [-0.4, -0.2) is 59.1 Å². The Balaban J connectivity index is 1.84. The fraction of sp³-hybridized carbons (Fsp3) is 1.00. The highest BCUT2D eigenvalue weighted by atomic mass is 32.2. The summed E-state index contributed by atoms with van der Waals surface area (Å²) < 4.78 is 0. The fourth-order valence-electron chi connectivity index (χ4n) is 2.77. The quantitative estimate of drug-likeness (QED) is 0.855. The van der Waals surface area contributed by atoms with Crippen molar-refractivity contribution in [2.24, 2.45) is 5.92 Å². The summed E-state index contributed by atoms with van der Waals surface area (Å²) in [6.07, 6.45) is 1.29. The van der Waals surface area contributed by atoms with Crippen molar-refractivity contribution in [3.05, 3.63) is 0 Å². The summed E-state index contributed by atoms with van der Waals surface area (Å²) in [6, 6.07) is 1.41. The van der Waals surface area contributed by atoms with Gasteiger partial charge in [0.2, 0.25) is 0 Å². The topological polar surface area (TPSA) is 15.3 Å². The molecule has 2 saturated heterocycles. The van der Waals surface area contributed by atoms with Crippen LogP contribution in [0.3, 0.4) is 0 Å². The maximum Gasteiger partial charge on any atom is 0.0265 e. The molecule has 2 nitrogen and oxygen atoms in total. The smallest absolute Gasteiger partial charge is 0.0265 e. The number of rotatable bonds is 4. The number of nitrogens with zero attached hydrogens (tertiary/aromatic N) is 1. The van der Waals surface area contributed by atoms with Gasteiger partial charge in [0.1, 0.15) is 0 Å². The molecule has 0 aromatic rings. The molecule has 0 amide bonds. The second-order valence-corrected chi connectivity index (χ2v) is 8.33. The van der Waals surface area contributed by atoms with E-state index in [0.717, 1.165) is 11.2 Å². The molecule has 4 heteroatoms. The molecule has 106 valence electrons. The second-order valence-electron chi connectivity index (χ2n) is 5.77. The van der Waals surface area contributed by atoms with Gasteiger partial charge in [-0.05, 0) is 12.8 Å². The van der Waals surface area contributed by atoms with E-state index in [2.05, 4.69) is 54.5 Å². The van der Waals surface area contributed by atoms with Crippen LogP contribution in [0.4, 0.5) is 0 Å². The molecule has 0 aromatic heterocycles. The standard InChI is InChI=1S/C14H28N2S2/c1-4-11(2)14-9-16(12(3)7-15-14)8-13-10-17-5-6-18-13/h11-15H,4-10H2,1-3H3. The molecule has 4 atom stereocenters. The molecule has 0 spiro atoms. The summed E-state index contributed by atoms with van der Waals surface area (Å²) in [4.78, 5) is 2.73. The molecule has 0 bridgehead atoms. The second kappa shape index (κ2) is 7.41. The molecule has 2 aliphatic rings. The van der Waals surface area contributed by atoms with E-state index >= 15 is 0 Å². The molecule has 18 heavy (non-hydrogen) atoms. The summed E-state index contributed by atoms with van der Waals surface area (Å²) in [6.45, 7) is 10.8. The van der Waals surface area contributed by atoms with Gasteiger partial charge in [-0.2, -0.15) is 23.5 Å². The van der Waals surface area contributed by atoms with Gasteiger partial charge >= 0.3 is 0 Å². The van der Waals surface area contributed by atoms with Crippen molar-refractivity contribution in [2.75, 3.05) is 36.9 Å². The molecule has 2 fully saturated rings. The number of nitrogens with one attached hydrogen (secondary N) is 1. The summed E-state index contributed by atoms with van der Waals surface area (Å²) in [5.74, 6) is 4.86. The van der Waals surface area contributed by atoms with Gasteiger partial charge in [0.25, 0.3) is 0 Å². The first-order valence-electron chi connectivity index (χ1n) is 7.37. The van der Waals surface area contributed by atoms with Gasteiger partial charge in [-0.3, -0.25) is 4.90 Å². The molecule has 2 heterocycles. The first-order valence-corrected chi connectivity index (χ1v) is 9.57. The molecule has 0 radical (unpaired) electrons. The van der Waals surface area contributed by atoms with Crippen molar-refractivity contribution < 1.29 is 0 Å². The van der Waals surface area contributed by atoms with E-state index in [1.54, 1.807) is 0 Å². The number of thioether (sulfide) groups is 2. The van der Waals surface area contributed by atoms with Crippen LogP contribution >= 0.6 is 23.5 Å². The van der Waals surface area contributed by atoms with E-state index in [1.807, 2.05) is 0 Å². The molecule has 0 saturated carbocycles. The SMILES string of the molecule is CCC(C)C1CN(CC2CSCCS2)C(C)CN1. The first kappa shape index (κ1) is 15.0. The minimum absolute atomic E-state index is 0.701. The molecule has 2 rings (SSSR count). The predicted octanol–water partition coefficient (Wildman–Crippen LogP) is 2.54. The number of hydrogen-bond acceptors (Lipinski definition) is 4. The van der Waals surface area contributed by atoms with E-state index in [9.17, 15) is 0 Å². The highest BCUT2D eigenvalue weighted by molar-refractivity contribution is 8.06. The lowest BCUT2D eigenvalue weighted by molar-refractivity contribution is 0.120. The fourth-order valence-corrected chi connectivity index (χ4v) is 5.47. The van der Waals surface area contributed by atoms with Crippen LogP contribution in [0, 0.1) is 5.92 Å². The molecule has 1 N–H and O–H groups in total. The van der Waals surface area contributed by atoms with Crippen LogP contribution in [0.1, 0.15) is 27.2 Å². The van der Waals surface area contributed by atoms with Gasteiger partial charge in [0, 0.05) is 54.2 Å². The van der Waals surface area contributed by atoms with Gasteiger partial charge in [0.05, 0.1) is 0 Å². The number of hydrogen-bond donors (Lipinski definition) is 1. The van der Waals surface area contributed by atoms with E-state index in [0.29, 0.717) is 12.1 Å². The first-order chi connectivity index (χ1) is 8.70. The van der Waals surface area contributed by atoms with Crippen LogP contribution in [-0.2, 0) is 0 Å². The van der Waals surface area contributed by atoms with Crippen molar-refractivity contribution in [3.63, 3.8) is 0 Å². The van der Waals surface area contributed by atoms with E-state index in [1.165, 1.54) is 43.3 Å². The monoisotopic (exact) mass is 288 g/mol. The summed E-state index contributed by atoms with van der Waals surface area (Å²) in [7, 11) is 0. The molecule has 0 aromatic carbocycles. The van der Waals surface area contributed by atoms with Crippen molar-refractivity contribution in [3.8, 4) is 0 Å². The highest BCUT2D eigenvalue weighted by Crippen LogP contribution is 2.26. The molecular formula is C14H28N2S2. The zero-order valence-electron chi connectivity index (χ0n) is 12.0. The van der Waals surface area contributed by atoms with E-state index in [-0.39, 0.29) is 0 Å². The minimum Gasteiger partial charge on any atom is -0.311 e. The van der Waals surface area contributed by atoms with Crippen LogP contribution in [0.25, 0.3) is 0 Å². The van der Waals surface area contributed by atoms with Crippen molar-refractivity contribution in [1.29, 1.82) is 0 Å². The average molecular weight is 289 g/mol. The Morgan fingerprint density at radius 1 is 1.39 bits per heavy atom. The van der Waals surface area contributed by atoms with Crippen LogP contribution in [0.2, 0.25) is 0 Å². The highest BCUT2D eigenvalue weighted by Gasteiger charge is 2.29. The third kappa shape index (κ3) is 4.06. The Bertz CT molecular complexity index is 242. The van der Waals surface area contributed by atoms with Crippen molar-refractivity contribution in [1.82, 2.24) is 10.2 Å². The van der Waals surface area contributed by atoms with E-state index in [4.69, 9.17) is 0 Å². The van der Waals surface area contributed by atoms with Crippen LogP contribution < -0.4 is 5.32 Å². The third-order valence-corrected chi connectivity index (χ3v) is 7.21. The normalized spacial score (nSPS) is 36.5. The van der Waals surface area contributed by atoms with Gasteiger partial charge < -0.3 is 5.32 Å². The van der Waals surface area contributed by atoms with Crippen LogP contribution in [0.5, 0.6) is 0 Å². The lowest BCUT2D eigenvalue weighted by atomic mass is 9.95. The zero-order chi connectivity index (χ0) is 13.0. The third-order valence-electron chi connectivity index (χ3n) is 4.38. The molecule has 0 aliphatic carbocycles. The van der Waals surface area contributed by atoms with E-state index < -0.39 is 0 Å². The maximum atomic E-state index is 3.73. The Morgan fingerprint density at radius 3 is 2.89 bits per heavy atom. The summed E-state index contributed by atoms with van der Waals surface area (Å²) >= 11 is 4.33. The van der Waals surface area contributed by atoms with Crippen LogP contribution in [0.15, 0.2) is 0 Å². The lowest BCUT2D eigenvalue weighted by Crippen LogP contribution is -2.58. The predicted molar refractivity (Wildman–Crippen MR) is 85.9 cm³/mol. The molecular weight excluding hydrogens is 260 g/mol. The molecule has 4 unspecified atom stereocenters. The van der Waals surface area contributed by atoms with Crippen molar-refractivity contribution >= 4 is 23.5 Å². The largest absolute Gasteiger partial charge is 0.311 e. The van der Waals surface area contributed by atoms with Crippen molar-refractivity contribution in [2.45, 2.75) is 44.5 Å². The zero-order valence-corrected chi connectivity index (χ0v) is 13.7.